The van der Waals surface area contributed by atoms with Crippen molar-refractivity contribution in [2.45, 2.75) is 302 Å². The molecule has 0 fully saturated rings. The number of nitrogens with zero attached hydrogens (tertiary/aromatic N) is 1. The molecule has 10 heteroatoms. The highest BCUT2D eigenvalue weighted by Gasteiger charge is 2.22. The molecular formula is C76H132NO8P. The molecule has 9 nitrogen and oxygen atoms in total. The molecule has 86 heavy (non-hydrogen) atoms. The average molecular weight is 1220 g/mol. The topological polar surface area (TPSA) is 111 Å². The Labute approximate surface area is 530 Å². The molecule has 0 N–H and O–H groups in total. The van der Waals surface area contributed by atoms with Crippen molar-refractivity contribution in [1.82, 2.24) is 0 Å². The van der Waals surface area contributed by atoms with Gasteiger partial charge in [0.2, 0.25) is 0 Å². The van der Waals surface area contributed by atoms with Crippen LogP contribution in [0.3, 0.4) is 0 Å². The normalized spacial score (nSPS) is 13.9. The van der Waals surface area contributed by atoms with Crippen LogP contribution < -0.4 is 4.89 Å². The molecule has 0 radical (unpaired) electrons. The number of quaternary nitrogens is 1. The molecule has 494 valence electrons. The molecule has 0 aromatic carbocycles. The standard InChI is InChI=1S/C76H132NO8P/c1-6-8-10-12-14-16-18-20-22-24-26-28-30-32-34-36-37-38-39-41-43-45-47-49-51-53-55-57-59-61-63-65-67-69-76(79)85-74(73-84-86(80,81)83-71-70-77(3,4)5)72-82-75(78)68-66-64-62-60-58-56-54-52-50-48-46-44-42-40-35-33-31-29-27-25-23-21-19-17-15-13-11-9-7-2/h8,10,14,16,19-22,25-28,31-34,37-38,41,43,74H,6-7,9,11-13,15,17-18,23-24,29-30,35-36,39-40,42,44-73H2,1-5H3/b10-8-,16-14-,21-19-,22-20-,27-25-,28-26-,33-31-,34-32-,38-37-,43-41-. The van der Waals surface area contributed by atoms with Crippen LogP contribution in [0, 0.1) is 0 Å². The van der Waals surface area contributed by atoms with E-state index in [1.807, 2.05) is 21.1 Å². The Bertz CT molecular complexity index is 1870. The lowest BCUT2D eigenvalue weighted by Gasteiger charge is -2.28. The Kier molecular flexibility index (Phi) is 63.1. The first kappa shape index (κ1) is 82.4. The molecule has 0 aromatic heterocycles. The average Bonchev–Trinajstić information content (AvgIpc) is 3.70. The zero-order valence-corrected chi connectivity index (χ0v) is 57.1. The minimum Gasteiger partial charge on any atom is -0.756 e. The van der Waals surface area contributed by atoms with Gasteiger partial charge in [-0.3, -0.25) is 14.2 Å². The second kappa shape index (κ2) is 65.8. The lowest BCUT2D eigenvalue weighted by atomic mass is 10.0. The second-order valence-corrected chi connectivity index (χ2v) is 25.9. The number of hydrogen-bond acceptors (Lipinski definition) is 8. The van der Waals surface area contributed by atoms with E-state index in [1.54, 1.807) is 0 Å². The van der Waals surface area contributed by atoms with E-state index in [0.29, 0.717) is 17.4 Å². The minimum atomic E-state index is -4.65. The molecule has 0 saturated heterocycles. The van der Waals surface area contributed by atoms with Crippen molar-refractivity contribution in [2.24, 2.45) is 0 Å². The van der Waals surface area contributed by atoms with E-state index >= 15 is 0 Å². The molecule has 0 heterocycles. The number of unbranched alkanes of at least 4 members (excludes halogenated alkanes) is 30. The first-order valence-corrected chi connectivity index (χ1v) is 36.7. The molecule has 0 amide bonds. The maximum Gasteiger partial charge on any atom is 0.306 e. The van der Waals surface area contributed by atoms with E-state index < -0.39 is 26.5 Å². The smallest absolute Gasteiger partial charge is 0.306 e. The Morgan fingerprint density at radius 2 is 0.663 bits per heavy atom. The van der Waals surface area contributed by atoms with Crippen molar-refractivity contribution in [1.29, 1.82) is 0 Å². The van der Waals surface area contributed by atoms with Crippen molar-refractivity contribution < 1.29 is 42.1 Å². The summed E-state index contributed by atoms with van der Waals surface area (Å²) >= 11 is 0. The number of phosphoric acid groups is 1. The quantitative estimate of drug-likeness (QED) is 0.0195. The van der Waals surface area contributed by atoms with Crippen LogP contribution in [0.2, 0.25) is 0 Å². The van der Waals surface area contributed by atoms with Crippen LogP contribution in [0.4, 0.5) is 0 Å². The second-order valence-electron chi connectivity index (χ2n) is 24.5. The van der Waals surface area contributed by atoms with Crippen molar-refractivity contribution in [3.05, 3.63) is 122 Å². The summed E-state index contributed by atoms with van der Waals surface area (Å²) in [6, 6.07) is 0. The first-order chi connectivity index (χ1) is 42.0. The van der Waals surface area contributed by atoms with Crippen LogP contribution in [0.1, 0.15) is 296 Å². The predicted molar refractivity (Wildman–Crippen MR) is 369 cm³/mol. The maximum atomic E-state index is 12.9. The van der Waals surface area contributed by atoms with E-state index in [1.165, 1.54) is 161 Å². The van der Waals surface area contributed by atoms with Gasteiger partial charge in [0.25, 0.3) is 7.82 Å². The maximum absolute atomic E-state index is 12.9. The van der Waals surface area contributed by atoms with E-state index in [2.05, 4.69) is 135 Å². The number of phosphoric ester groups is 1. The molecule has 0 rings (SSSR count). The number of ether oxygens (including phenoxy) is 2. The van der Waals surface area contributed by atoms with Gasteiger partial charge in [-0.25, -0.2) is 0 Å². The minimum absolute atomic E-state index is 0.0361. The third-order valence-electron chi connectivity index (χ3n) is 15.0. The zero-order valence-electron chi connectivity index (χ0n) is 56.2. The van der Waals surface area contributed by atoms with Gasteiger partial charge in [-0.15, -0.1) is 0 Å². The Morgan fingerprint density at radius 1 is 0.372 bits per heavy atom. The molecule has 2 atom stereocenters. The van der Waals surface area contributed by atoms with Gasteiger partial charge in [0.05, 0.1) is 27.7 Å². The summed E-state index contributed by atoms with van der Waals surface area (Å²) in [5, 5.41) is 0. The summed E-state index contributed by atoms with van der Waals surface area (Å²) in [5.74, 6) is -0.836. The van der Waals surface area contributed by atoms with Gasteiger partial charge in [-0.2, -0.15) is 0 Å². The van der Waals surface area contributed by atoms with Gasteiger partial charge in [0, 0.05) is 12.8 Å². The summed E-state index contributed by atoms with van der Waals surface area (Å²) in [6.07, 6.45) is 94.1. The van der Waals surface area contributed by atoms with Gasteiger partial charge in [-0.05, 0) is 109 Å². The van der Waals surface area contributed by atoms with Crippen molar-refractivity contribution >= 4 is 19.8 Å². The summed E-state index contributed by atoms with van der Waals surface area (Å²) in [5.41, 5.74) is 0. The SMILES string of the molecule is CC/C=C\C/C=C\C/C=C\C/C=C\C/C=C\C/C=C\C/C=C\CCCCCCCCCCCCCC(=O)OC(COC(=O)CCCCCCCCCCCCCCCC/C=C\C/C=C\C/C=C\CCCCCCC)COP(=O)([O-])OCC[N+](C)(C)C. The van der Waals surface area contributed by atoms with Gasteiger partial charge in [0.15, 0.2) is 6.10 Å². The number of esters is 2. The molecule has 0 aliphatic rings. The number of carbonyl (C=O) groups is 2. The highest BCUT2D eigenvalue weighted by atomic mass is 31.2. The number of allylic oxidation sites excluding steroid dienone is 20. The van der Waals surface area contributed by atoms with Crippen LogP contribution in [0.15, 0.2) is 122 Å². The summed E-state index contributed by atoms with van der Waals surface area (Å²) < 4.78 is 34.3. The third-order valence-corrected chi connectivity index (χ3v) is 15.9. The predicted octanol–water partition coefficient (Wildman–Crippen LogP) is 22.4. The molecular weight excluding hydrogens is 1090 g/mol. The summed E-state index contributed by atoms with van der Waals surface area (Å²) in [4.78, 5) is 38.1. The van der Waals surface area contributed by atoms with E-state index in [9.17, 15) is 19.0 Å². The van der Waals surface area contributed by atoms with E-state index in [4.69, 9.17) is 18.5 Å². The Morgan fingerprint density at radius 3 is 0.988 bits per heavy atom. The molecule has 0 saturated carbocycles. The number of carbonyl (C=O) groups excluding carboxylic acids is 2. The molecule has 0 aliphatic heterocycles. The van der Waals surface area contributed by atoms with Gasteiger partial charge in [0.1, 0.15) is 19.8 Å². The van der Waals surface area contributed by atoms with Crippen molar-refractivity contribution in [3.63, 3.8) is 0 Å². The fraction of sp³-hybridized carbons (Fsp3) is 0.711. The van der Waals surface area contributed by atoms with Gasteiger partial charge in [-0.1, -0.05) is 296 Å². The van der Waals surface area contributed by atoms with Crippen LogP contribution in [0.5, 0.6) is 0 Å². The molecule has 2 unspecified atom stereocenters. The van der Waals surface area contributed by atoms with E-state index in [-0.39, 0.29) is 32.0 Å². The summed E-state index contributed by atoms with van der Waals surface area (Å²) in [7, 11) is 1.16. The number of hydrogen-bond donors (Lipinski definition) is 0. The fourth-order valence-corrected chi connectivity index (χ4v) is 10.3. The van der Waals surface area contributed by atoms with E-state index in [0.717, 1.165) is 103 Å². The molecule has 0 aliphatic carbocycles. The van der Waals surface area contributed by atoms with Crippen molar-refractivity contribution in [3.8, 4) is 0 Å². The Balaban J connectivity index is 4.09. The Hall–Kier alpha value is -3.59. The largest absolute Gasteiger partial charge is 0.756 e. The van der Waals surface area contributed by atoms with Crippen molar-refractivity contribution in [2.75, 3.05) is 47.5 Å². The lowest BCUT2D eigenvalue weighted by Crippen LogP contribution is -2.37. The number of rotatable bonds is 64. The monoisotopic (exact) mass is 1220 g/mol. The van der Waals surface area contributed by atoms with Crippen LogP contribution in [-0.4, -0.2) is 70.0 Å². The molecule has 0 bridgehead atoms. The van der Waals surface area contributed by atoms with Gasteiger partial charge >= 0.3 is 11.9 Å². The highest BCUT2D eigenvalue weighted by Crippen LogP contribution is 2.38. The lowest BCUT2D eigenvalue weighted by molar-refractivity contribution is -0.870. The van der Waals surface area contributed by atoms with Crippen LogP contribution in [-0.2, 0) is 32.7 Å². The number of likely N-dealkylation sites (N-methyl/N-ethyl adjacent to an activating group) is 1. The van der Waals surface area contributed by atoms with Crippen LogP contribution in [0.25, 0.3) is 0 Å². The van der Waals surface area contributed by atoms with Gasteiger partial charge < -0.3 is 27.9 Å². The fourth-order valence-electron chi connectivity index (χ4n) is 9.59. The summed E-state index contributed by atoms with van der Waals surface area (Å²) in [6.45, 7) is 4.13. The first-order valence-electron chi connectivity index (χ1n) is 35.2. The molecule has 0 aromatic rings. The highest BCUT2D eigenvalue weighted by molar-refractivity contribution is 7.45. The van der Waals surface area contributed by atoms with Crippen LogP contribution >= 0.6 is 7.82 Å². The molecule has 0 spiro atoms. The zero-order chi connectivity index (χ0) is 62.6. The third kappa shape index (κ3) is 69.5.